The van der Waals surface area contributed by atoms with Crippen LogP contribution in [0.5, 0.6) is 11.5 Å². The average molecular weight is 477 g/mol. The van der Waals surface area contributed by atoms with Crippen molar-refractivity contribution in [3.05, 3.63) is 64.7 Å². The van der Waals surface area contributed by atoms with Crippen molar-refractivity contribution in [3.8, 4) is 22.8 Å². The molecule has 2 aromatic carbocycles. The molecule has 2 aromatic heterocycles. The van der Waals surface area contributed by atoms with Crippen LogP contribution in [0, 0.1) is 6.92 Å². The van der Waals surface area contributed by atoms with Crippen molar-refractivity contribution in [2.24, 2.45) is 0 Å². The van der Waals surface area contributed by atoms with E-state index in [1.54, 1.807) is 41.3 Å². The third kappa shape index (κ3) is 4.61. The van der Waals surface area contributed by atoms with Crippen LogP contribution < -0.4 is 9.47 Å². The third-order valence-electron chi connectivity index (χ3n) is 5.86. The summed E-state index contributed by atoms with van der Waals surface area (Å²) in [7, 11) is 3.08. The maximum absolute atomic E-state index is 13.1. The van der Waals surface area contributed by atoms with Crippen molar-refractivity contribution in [1.82, 2.24) is 9.78 Å². The number of ether oxygens (including phenoxy) is 2. The van der Waals surface area contributed by atoms with Gasteiger partial charge in [0.15, 0.2) is 23.1 Å². The summed E-state index contributed by atoms with van der Waals surface area (Å²) < 4.78 is 13.5. The van der Waals surface area contributed by atoms with Crippen molar-refractivity contribution in [3.63, 3.8) is 0 Å². The Kier molecular flexibility index (Phi) is 7.12. The maximum Gasteiger partial charge on any atom is 0.181 e. The van der Waals surface area contributed by atoms with Crippen molar-refractivity contribution in [1.29, 1.82) is 0 Å². The lowest BCUT2D eigenvalue weighted by atomic mass is 10.0. The number of methoxy groups -OCH3 is 2. The zero-order valence-electron chi connectivity index (χ0n) is 19.9. The summed E-state index contributed by atoms with van der Waals surface area (Å²) in [4.78, 5) is 25.9. The monoisotopic (exact) mass is 476 g/mol. The van der Waals surface area contributed by atoms with Gasteiger partial charge < -0.3 is 9.47 Å². The molecule has 0 aliphatic rings. The molecule has 176 valence electrons. The van der Waals surface area contributed by atoms with Gasteiger partial charge in [-0.25, -0.2) is 0 Å². The summed E-state index contributed by atoms with van der Waals surface area (Å²) in [6, 6.07) is 13.1. The first-order valence-electron chi connectivity index (χ1n) is 11.3. The molecule has 0 aliphatic heterocycles. The van der Waals surface area contributed by atoms with Crippen LogP contribution in [0.3, 0.4) is 0 Å². The van der Waals surface area contributed by atoms with Crippen LogP contribution in [0.15, 0.2) is 47.8 Å². The largest absolute Gasteiger partial charge is 0.493 e. The van der Waals surface area contributed by atoms with Crippen LogP contribution >= 0.6 is 11.3 Å². The van der Waals surface area contributed by atoms with Gasteiger partial charge in [0.25, 0.3) is 0 Å². The van der Waals surface area contributed by atoms with Gasteiger partial charge >= 0.3 is 0 Å². The lowest BCUT2D eigenvalue weighted by molar-refractivity contribution is 0.0911. The van der Waals surface area contributed by atoms with Gasteiger partial charge in [-0.1, -0.05) is 25.1 Å². The average Bonchev–Trinajstić information content (AvgIpc) is 3.47. The minimum absolute atomic E-state index is 0.0863. The molecule has 0 aliphatic carbocycles. The zero-order valence-corrected chi connectivity index (χ0v) is 20.7. The number of benzene rings is 2. The Labute approximate surface area is 203 Å². The standard InChI is InChI=1S/C27H28N2O4S/c1-5-13-29-22(15-21(28-29)20-16-34-27-17(2)7-6-8-19(20)27)24(31)11-10-23(30)18-9-12-25(32-3)26(14-18)33-4/h6-9,12,14-16H,5,10-11,13H2,1-4H3. The van der Waals surface area contributed by atoms with E-state index in [1.807, 2.05) is 12.1 Å². The van der Waals surface area contributed by atoms with E-state index in [9.17, 15) is 9.59 Å². The molecule has 34 heavy (non-hydrogen) atoms. The summed E-state index contributed by atoms with van der Waals surface area (Å²) in [5, 5.41) is 8.01. The number of rotatable bonds is 10. The Balaban J connectivity index is 1.55. The molecular formula is C27H28N2O4S. The molecule has 0 bridgehead atoms. The molecule has 4 aromatic rings. The van der Waals surface area contributed by atoms with Gasteiger partial charge in [0.1, 0.15) is 5.69 Å². The van der Waals surface area contributed by atoms with Crippen molar-refractivity contribution >= 4 is 33.0 Å². The van der Waals surface area contributed by atoms with Crippen LogP contribution in [0.1, 0.15) is 52.6 Å². The quantitative estimate of drug-likeness (QED) is 0.250. The summed E-state index contributed by atoms with van der Waals surface area (Å²) in [5.74, 6) is 0.845. The van der Waals surface area contributed by atoms with Crippen molar-refractivity contribution in [2.45, 2.75) is 39.7 Å². The Morgan fingerprint density at radius 2 is 1.76 bits per heavy atom. The highest BCUT2D eigenvalue weighted by atomic mass is 32.1. The highest BCUT2D eigenvalue weighted by Crippen LogP contribution is 2.35. The zero-order chi connectivity index (χ0) is 24.2. The molecule has 0 atom stereocenters. The molecule has 0 unspecified atom stereocenters. The van der Waals surface area contributed by atoms with Crippen LogP contribution in [-0.2, 0) is 6.54 Å². The SMILES string of the molecule is CCCn1nc(-c2csc3c(C)cccc23)cc1C(=O)CCC(=O)c1ccc(OC)c(OC)c1. The number of aromatic nitrogens is 2. The molecule has 0 amide bonds. The maximum atomic E-state index is 13.1. The fourth-order valence-corrected chi connectivity index (χ4v) is 5.11. The van der Waals surface area contributed by atoms with Crippen LogP contribution in [0.4, 0.5) is 0 Å². The van der Waals surface area contributed by atoms with Gasteiger partial charge in [0, 0.05) is 46.0 Å². The van der Waals surface area contributed by atoms with Gasteiger partial charge in [-0.05, 0) is 43.2 Å². The van der Waals surface area contributed by atoms with E-state index in [-0.39, 0.29) is 24.4 Å². The lowest BCUT2D eigenvalue weighted by Crippen LogP contribution is -2.12. The highest BCUT2D eigenvalue weighted by Gasteiger charge is 2.20. The number of ketones is 2. The molecule has 0 spiro atoms. The van der Waals surface area contributed by atoms with Gasteiger partial charge in [-0.3, -0.25) is 14.3 Å². The van der Waals surface area contributed by atoms with Crippen LogP contribution in [0.25, 0.3) is 21.3 Å². The summed E-state index contributed by atoms with van der Waals surface area (Å²) >= 11 is 1.69. The Morgan fingerprint density at radius 3 is 2.50 bits per heavy atom. The minimum atomic E-state index is -0.115. The molecule has 7 heteroatoms. The van der Waals surface area contributed by atoms with E-state index in [1.165, 1.54) is 17.4 Å². The number of nitrogens with zero attached hydrogens (tertiary/aromatic N) is 2. The topological polar surface area (TPSA) is 70.4 Å². The first-order valence-corrected chi connectivity index (χ1v) is 12.2. The van der Waals surface area contributed by atoms with E-state index < -0.39 is 0 Å². The Bertz CT molecular complexity index is 1350. The second-order valence-electron chi connectivity index (χ2n) is 8.16. The normalized spacial score (nSPS) is 11.1. The van der Waals surface area contributed by atoms with Crippen LogP contribution in [-0.4, -0.2) is 35.6 Å². The van der Waals surface area contributed by atoms with E-state index in [0.29, 0.717) is 29.3 Å². The van der Waals surface area contributed by atoms with Crippen molar-refractivity contribution in [2.75, 3.05) is 14.2 Å². The fraction of sp³-hybridized carbons (Fsp3) is 0.296. The number of hydrogen-bond acceptors (Lipinski definition) is 6. The first kappa shape index (κ1) is 23.7. The van der Waals surface area contributed by atoms with Gasteiger partial charge in [-0.2, -0.15) is 5.10 Å². The minimum Gasteiger partial charge on any atom is -0.493 e. The van der Waals surface area contributed by atoms with Crippen molar-refractivity contribution < 1.29 is 19.1 Å². The fourth-order valence-electron chi connectivity index (χ4n) is 4.06. The van der Waals surface area contributed by atoms with Crippen LogP contribution in [0.2, 0.25) is 0 Å². The number of fused-ring (bicyclic) bond motifs is 1. The molecule has 0 fully saturated rings. The van der Waals surface area contributed by atoms with Gasteiger partial charge in [0.2, 0.25) is 0 Å². The third-order valence-corrected chi connectivity index (χ3v) is 6.99. The second kappa shape index (κ2) is 10.2. The first-order chi connectivity index (χ1) is 16.5. The van der Waals surface area contributed by atoms with E-state index >= 15 is 0 Å². The number of carbonyl (C=O) groups excluding carboxylic acids is 2. The molecule has 0 N–H and O–H groups in total. The number of Topliss-reactive ketones (excluding diaryl/α,β-unsaturated/α-hetero) is 2. The molecule has 0 radical (unpaired) electrons. The number of thiophene rings is 1. The Hall–Kier alpha value is -3.45. The molecule has 4 rings (SSSR count). The van der Waals surface area contributed by atoms with Gasteiger partial charge in [-0.15, -0.1) is 11.3 Å². The van der Waals surface area contributed by atoms with E-state index in [2.05, 4.69) is 31.4 Å². The number of aryl methyl sites for hydroxylation is 2. The number of carbonyl (C=O) groups is 2. The summed E-state index contributed by atoms with van der Waals surface area (Å²) in [6.07, 6.45) is 1.09. The predicted octanol–water partition coefficient (Wildman–Crippen LogP) is 6.35. The van der Waals surface area contributed by atoms with Gasteiger partial charge in [0.05, 0.1) is 19.9 Å². The molecule has 2 heterocycles. The Morgan fingerprint density at radius 1 is 1.00 bits per heavy atom. The smallest absolute Gasteiger partial charge is 0.181 e. The molecular weight excluding hydrogens is 448 g/mol. The van der Waals surface area contributed by atoms with E-state index in [0.717, 1.165) is 23.1 Å². The van der Waals surface area contributed by atoms with E-state index in [4.69, 9.17) is 14.6 Å². The highest BCUT2D eigenvalue weighted by molar-refractivity contribution is 7.18. The predicted molar refractivity (Wildman–Crippen MR) is 136 cm³/mol. The molecule has 0 saturated carbocycles. The molecule has 6 nitrogen and oxygen atoms in total. The second-order valence-corrected chi connectivity index (χ2v) is 9.03. The molecule has 0 saturated heterocycles. The summed E-state index contributed by atoms with van der Waals surface area (Å²) in [5.41, 5.74) is 4.10. The lowest BCUT2D eigenvalue weighted by Gasteiger charge is -2.09. The summed E-state index contributed by atoms with van der Waals surface area (Å²) in [6.45, 7) is 4.80. The number of hydrogen-bond donors (Lipinski definition) is 0.